The Morgan fingerprint density at radius 2 is 1.83 bits per heavy atom. The first-order valence-corrected chi connectivity index (χ1v) is 9.55. The number of guanidine groups is 1. The van der Waals surface area contributed by atoms with Gasteiger partial charge < -0.3 is 15.4 Å². The van der Waals surface area contributed by atoms with Crippen LogP contribution in [0.5, 0.6) is 0 Å². The summed E-state index contributed by atoms with van der Waals surface area (Å²) in [7, 11) is -1.59. The van der Waals surface area contributed by atoms with Crippen LogP contribution >= 0.6 is 0 Å². The van der Waals surface area contributed by atoms with Crippen molar-refractivity contribution in [3.05, 3.63) is 30.3 Å². The molecule has 1 aromatic carbocycles. The summed E-state index contributed by atoms with van der Waals surface area (Å²) in [5, 5.41) is 6.19. The highest BCUT2D eigenvalue weighted by atomic mass is 32.2. The molecule has 0 aliphatic carbocycles. The molecule has 0 aromatic heterocycles. The molecule has 0 saturated heterocycles. The minimum atomic E-state index is -3.26. The Morgan fingerprint density at radius 1 is 1.13 bits per heavy atom. The number of nitrogens with one attached hydrogen (secondary N) is 2. The number of aliphatic imine (C=N–C) groups is 1. The van der Waals surface area contributed by atoms with Crippen molar-refractivity contribution in [2.24, 2.45) is 4.99 Å². The SMILES string of the molecule is CCOCCCCNC(=NC)NCCS(=O)(=O)c1ccccc1. The molecule has 1 aromatic rings. The highest BCUT2D eigenvalue weighted by molar-refractivity contribution is 7.91. The van der Waals surface area contributed by atoms with Crippen molar-refractivity contribution in [1.82, 2.24) is 10.6 Å². The third-order valence-electron chi connectivity index (χ3n) is 3.20. The van der Waals surface area contributed by atoms with E-state index in [-0.39, 0.29) is 5.75 Å². The van der Waals surface area contributed by atoms with Gasteiger partial charge in [0.05, 0.1) is 10.6 Å². The van der Waals surface area contributed by atoms with E-state index >= 15 is 0 Å². The summed E-state index contributed by atoms with van der Waals surface area (Å²) >= 11 is 0. The number of hydrogen-bond donors (Lipinski definition) is 2. The second-order valence-corrected chi connectivity index (χ2v) is 7.07. The first-order chi connectivity index (χ1) is 11.1. The maximum absolute atomic E-state index is 12.1. The number of nitrogens with zero attached hydrogens (tertiary/aromatic N) is 1. The number of hydrogen-bond acceptors (Lipinski definition) is 4. The topological polar surface area (TPSA) is 79.8 Å². The molecule has 0 radical (unpaired) electrons. The number of benzene rings is 1. The predicted molar refractivity (Wildman–Crippen MR) is 93.6 cm³/mol. The standard InChI is InChI=1S/C16H27N3O3S/c1-3-22-13-8-7-11-18-16(17-2)19-12-14-23(20,21)15-9-5-4-6-10-15/h4-6,9-10H,3,7-8,11-14H2,1-2H3,(H2,17,18,19). The molecule has 0 spiro atoms. The van der Waals surface area contributed by atoms with Crippen LogP contribution in [0.3, 0.4) is 0 Å². The monoisotopic (exact) mass is 341 g/mol. The fraction of sp³-hybridized carbons (Fsp3) is 0.562. The second-order valence-electron chi connectivity index (χ2n) is 4.96. The average Bonchev–Trinajstić information content (AvgIpc) is 2.57. The summed E-state index contributed by atoms with van der Waals surface area (Å²) in [6, 6.07) is 8.47. The molecule has 0 aliphatic rings. The summed E-state index contributed by atoms with van der Waals surface area (Å²) < 4.78 is 29.6. The molecule has 130 valence electrons. The highest BCUT2D eigenvalue weighted by Crippen LogP contribution is 2.09. The molecule has 6 nitrogen and oxygen atoms in total. The van der Waals surface area contributed by atoms with Crippen LogP contribution in [0.25, 0.3) is 0 Å². The van der Waals surface area contributed by atoms with Gasteiger partial charge in [0.15, 0.2) is 15.8 Å². The molecule has 0 bridgehead atoms. The minimum absolute atomic E-state index is 0.0298. The first kappa shape index (κ1) is 19.4. The van der Waals surface area contributed by atoms with E-state index in [0.717, 1.165) is 32.6 Å². The normalized spacial score (nSPS) is 12.2. The van der Waals surface area contributed by atoms with Crippen molar-refractivity contribution in [1.29, 1.82) is 0 Å². The molecular formula is C16H27N3O3S. The van der Waals surface area contributed by atoms with Crippen molar-refractivity contribution in [3.63, 3.8) is 0 Å². The van der Waals surface area contributed by atoms with E-state index in [0.29, 0.717) is 17.4 Å². The van der Waals surface area contributed by atoms with Gasteiger partial charge in [-0.1, -0.05) is 18.2 Å². The van der Waals surface area contributed by atoms with Crippen molar-refractivity contribution >= 4 is 15.8 Å². The molecule has 2 N–H and O–H groups in total. The molecular weight excluding hydrogens is 314 g/mol. The zero-order valence-corrected chi connectivity index (χ0v) is 14.7. The van der Waals surface area contributed by atoms with Gasteiger partial charge in [-0.25, -0.2) is 8.42 Å². The van der Waals surface area contributed by atoms with E-state index in [1.54, 1.807) is 37.4 Å². The largest absolute Gasteiger partial charge is 0.382 e. The van der Waals surface area contributed by atoms with Gasteiger partial charge in [-0.3, -0.25) is 4.99 Å². The summed E-state index contributed by atoms with van der Waals surface area (Å²) in [6.45, 7) is 4.58. The number of ether oxygens (including phenoxy) is 1. The number of rotatable bonds is 10. The molecule has 0 saturated carbocycles. The molecule has 0 unspecified atom stereocenters. The average molecular weight is 341 g/mol. The van der Waals surface area contributed by atoms with Gasteiger partial charge >= 0.3 is 0 Å². The second kappa shape index (κ2) is 11.0. The van der Waals surface area contributed by atoms with Crippen molar-refractivity contribution in [2.45, 2.75) is 24.7 Å². The Labute approximate surface area is 139 Å². The van der Waals surface area contributed by atoms with Gasteiger partial charge in [-0.05, 0) is 31.9 Å². The molecule has 0 atom stereocenters. The van der Waals surface area contributed by atoms with E-state index in [1.165, 1.54) is 0 Å². The van der Waals surface area contributed by atoms with Gasteiger partial charge in [-0.2, -0.15) is 0 Å². The lowest BCUT2D eigenvalue weighted by molar-refractivity contribution is 0.143. The minimum Gasteiger partial charge on any atom is -0.382 e. The summed E-state index contributed by atoms with van der Waals surface area (Å²) in [4.78, 5) is 4.43. The molecule has 0 fully saturated rings. The van der Waals surface area contributed by atoms with Crippen molar-refractivity contribution in [2.75, 3.05) is 39.1 Å². The molecule has 7 heteroatoms. The van der Waals surface area contributed by atoms with Gasteiger partial charge in [0.1, 0.15) is 0 Å². The van der Waals surface area contributed by atoms with Crippen LogP contribution in [0, 0.1) is 0 Å². The van der Waals surface area contributed by atoms with E-state index in [9.17, 15) is 8.42 Å². The Morgan fingerprint density at radius 3 is 2.48 bits per heavy atom. The summed E-state index contributed by atoms with van der Waals surface area (Å²) in [5.41, 5.74) is 0. The van der Waals surface area contributed by atoms with E-state index < -0.39 is 9.84 Å². The van der Waals surface area contributed by atoms with Crippen LogP contribution in [0.15, 0.2) is 40.2 Å². The first-order valence-electron chi connectivity index (χ1n) is 7.90. The van der Waals surface area contributed by atoms with Gasteiger partial charge in [0.25, 0.3) is 0 Å². The molecule has 0 aliphatic heterocycles. The van der Waals surface area contributed by atoms with Crippen LogP contribution in [0.1, 0.15) is 19.8 Å². The van der Waals surface area contributed by atoms with Gasteiger partial charge in [0.2, 0.25) is 0 Å². The summed E-state index contributed by atoms with van der Waals surface area (Å²) in [6.07, 6.45) is 1.96. The zero-order chi connectivity index (χ0) is 17.0. The lowest BCUT2D eigenvalue weighted by Crippen LogP contribution is -2.40. The van der Waals surface area contributed by atoms with E-state index in [1.807, 2.05) is 6.92 Å². The Hall–Kier alpha value is -1.60. The van der Waals surface area contributed by atoms with Crippen LogP contribution in [-0.2, 0) is 14.6 Å². The van der Waals surface area contributed by atoms with Crippen LogP contribution in [0.4, 0.5) is 0 Å². The number of sulfone groups is 1. The quantitative estimate of drug-likeness (QED) is 0.382. The Balaban J connectivity index is 2.27. The fourth-order valence-corrected chi connectivity index (χ4v) is 3.13. The molecule has 1 rings (SSSR count). The maximum atomic E-state index is 12.1. The Bertz CT molecular complexity index is 559. The maximum Gasteiger partial charge on any atom is 0.191 e. The van der Waals surface area contributed by atoms with Crippen LogP contribution in [-0.4, -0.2) is 53.5 Å². The number of unbranched alkanes of at least 4 members (excludes halogenated alkanes) is 1. The molecule has 23 heavy (non-hydrogen) atoms. The lowest BCUT2D eigenvalue weighted by atomic mass is 10.3. The third-order valence-corrected chi connectivity index (χ3v) is 4.93. The van der Waals surface area contributed by atoms with Crippen LogP contribution < -0.4 is 10.6 Å². The summed E-state index contributed by atoms with van der Waals surface area (Å²) in [5.74, 6) is 0.645. The lowest BCUT2D eigenvalue weighted by Gasteiger charge is -2.12. The van der Waals surface area contributed by atoms with E-state index in [2.05, 4.69) is 15.6 Å². The fourth-order valence-electron chi connectivity index (χ4n) is 1.95. The molecule has 0 heterocycles. The van der Waals surface area contributed by atoms with E-state index in [4.69, 9.17) is 4.74 Å². The van der Waals surface area contributed by atoms with Crippen LogP contribution in [0.2, 0.25) is 0 Å². The Kier molecular flexibility index (Phi) is 9.31. The third kappa shape index (κ3) is 7.99. The predicted octanol–water partition coefficient (Wildman–Crippen LogP) is 1.44. The zero-order valence-electron chi connectivity index (χ0n) is 13.9. The van der Waals surface area contributed by atoms with Gasteiger partial charge in [0, 0.05) is 33.4 Å². The van der Waals surface area contributed by atoms with Crippen molar-refractivity contribution < 1.29 is 13.2 Å². The highest BCUT2D eigenvalue weighted by Gasteiger charge is 2.13. The smallest absolute Gasteiger partial charge is 0.191 e. The van der Waals surface area contributed by atoms with Crippen molar-refractivity contribution in [3.8, 4) is 0 Å². The van der Waals surface area contributed by atoms with Gasteiger partial charge in [-0.15, -0.1) is 0 Å². The molecule has 0 amide bonds.